The standard InChI is InChI=1S/C15H9ClN2O4/c16-12-7-9(5-6-17-12)15(21)22-8-18-13(19)10-3-1-2-4-11(10)14(18)20/h1-7H,8H2. The second-order valence-corrected chi connectivity index (χ2v) is 4.90. The molecule has 1 aliphatic heterocycles. The fraction of sp³-hybridized carbons (Fsp3) is 0.0667. The van der Waals surface area contributed by atoms with Gasteiger partial charge in [-0.2, -0.15) is 0 Å². The Hall–Kier alpha value is -2.73. The summed E-state index contributed by atoms with van der Waals surface area (Å²) in [7, 11) is 0. The Balaban J connectivity index is 1.72. The molecule has 0 bridgehead atoms. The van der Waals surface area contributed by atoms with Crippen molar-refractivity contribution in [2.75, 3.05) is 6.73 Å². The van der Waals surface area contributed by atoms with Gasteiger partial charge in [0.2, 0.25) is 0 Å². The van der Waals surface area contributed by atoms with E-state index in [0.717, 1.165) is 4.90 Å². The topological polar surface area (TPSA) is 76.6 Å². The normalized spacial score (nSPS) is 13.2. The molecule has 0 aliphatic carbocycles. The van der Waals surface area contributed by atoms with Gasteiger partial charge in [0.25, 0.3) is 11.8 Å². The molecule has 3 rings (SSSR count). The van der Waals surface area contributed by atoms with E-state index in [0.29, 0.717) is 11.1 Å². The number of carbonyl (C=O) groups is 3. The Morgan fingerprint density at radius 1 is 1.14 bits per heavy atom. The molecule has 7 heteroatoms. The molecule has 0 spiro atoms. The van der Waals surface area contributed by atoms with Gasteiger partial charge >= 0.3 is 5.97 Å². The van der Waals surface area contributed by atoms with E-state index in [9.17, 15) is 14.4 Å². The predicted octanol–water partition coefficient (Wildman–Crippen LogP) is 2.15. The van der Waals surface area contributed by atoms with Gasteiger partial charge in [-0.15, -0.1) is 0 Å². The number of carbonyl (C=O) groups excluding carboxylic acids is 3. The summed E-state index contributed by atoms with van der Waals surface area (Å²) >= 11 is 5.69. The maximum atomic E-state index is 12.1. The van der Waals surface area contributed by atoms with Crippen LogP contribution in [0.25, 0.3) is 0 Å². The molecule has 1 aromatic heterocycles. The van der Waals surface area contributed by atoms with Crippen molar-refractivity contribution in [1.29, 1.82) is 0 Å². The molecule has 0 saturated carbocycles. The summed E-state index contributed by atoms with van der Waals surface area (Å²) in [4.78, 5) is 40.7. The molecular weight excluding hydrogens is 308 g/mol. The number of imide groups is 1. The first kappa shape index (κ1) is 14.2. The number of hydrogen-bond acceptors (Lipinski definition) is 5. The molecule has 0 radical (unpaired) electrons. The molecule has 0 N–H and O–H groups in total. The number of halogens is 1. The molecule has 6 nitrogen and oxygen atoms in total. The number of rotatable bonds is 3. The summed E-state index contributed by atoms with van der Waals surface area (Å²) in [5, 5.41) is 0.148. The fourth-order valence-electron chi connectivity index (χ4n) is 2.09. The minimum Gasteiger partial charge on any atom is -0.440 e. The van der Waals surface area contributed by atoms with Crippen molar-refractivity contribution < 1.29 is 19.1 Å². The Bertz CT molecular complexity index is 756. The molecule has 1 aliphatic rings. The van der Waals surface area contributed by atoms with Crippen molar-refractivity contribution in [2.24, 2.45) is 0 Å². The van der Waals surface area contributed by atoms with E-state index in [2.05, 4.69) is 4.98 Å². The molecule has 22 heavy (non-hydrogen) atoms. The maximum Gasteiger partial charge on any atom is 0.340 e. The summed E-state index contributed by atoms with van der Waals surface area (Å²) in [6.07, 6.45) is 1.36. The lowest BCUT2D eigenvalue weighted by Gasteiger charge is -2.13. The van der Waals surface area contributed by atoms with Crippen LogP contribution in [0.4, 0.5) is 0 Å². The van der Waals surface area contributed by atoms with Gasteiger partial charge in [-0.1, -0.05) is 23.7 Å². The summed E-state index contributed by atoms with van der Waals surface area (Å²) in [5.74, 6) is -1.66. The number of aromatic nitrogens is 1. The van der Waals surface area contributed by atoms with Crippen LogP contribution in [0, 0.1) is 0 Å². The van der Waals surface area contributed by atoms with Crippen LogP contribution in [-0.4, -0.2) is 34.4 Å². The first-order valence-electron chi connectivity index (χ1n) is 6.32. The summed E-state index contributed by atoms with van der Waals surface area (Å²) in [5.41, 5.74) is 0.794. The zero-order valence-electron chi connectivity index (χ0n) is 11.2. The zero-order valence-corrected chi connectivity index (χ0v) is 11.9. The van der Waals surface area contributed by atoms with Crippen LogP contribution < -0.4 is 0 Å². The van der Waals surface area contributed by atoms with Crippen molar-refractivity contribution in [1.82, 2.24) is 9.88 Å². The summed E-state index contributed by atoms with van der Waals surface area (Å²) in [6, 6.07) is 9.21. The lowest BCUT2D eigenvalue weighted by molar-refractivity contribution is 0.0228. The smallest absolute Gasteiger partial charge is 0.340 e. The molecule has 0 saturated heterocycles. The number of esters is 1. The van der Waals surface area contributed by atoms with Crippen LogP contribution in [0.15, 0.2) is 42.6 Å². The van der Waals surface area contributed by atoms with E-state index in [4.69, 9.17) is 16.3 Å². The first-order valence-corrected chi connectivity index (χ1v) is 6.69. The highest BCUT2D eigenvalue weighted by Crippen LogP contribution is 2.22. The quantitative estimate of drug-likeness (QED) is 0.492. The third-order valence-corrected chi connectivity index (χ3v) is 3.37. The average molecular weight is 317 g/mol. The van der Waals surface area contributed by atoms with Crippen LogP contribution in [0.1, 0.15) is 31.1 Å². The van der Waals surface area contributed by atoms with Crippen molar-refractivity contribution in [3.8, 4) is 0 Å². The van der Waals surface area contributed by atoms with E-state index in [-0.39, 0.29) is 10.7 Å². The molecule has 2 heterocycles. The monoisotopic (exact) mass is 316 g/mol. The highest BCUT2D eigenvalue weighted by molar-refractivity contribution is 6.29. The summed E-state index contributed by atoms with van der Waals surface area (Å²) < 4.78 is 5.00. The van der Waals surface area contributed by atoms with Gasteiger partial charge in [0, 0.05) is 6.20 Å². The van der Waals surface area contributed by atoms with Crippen LogP contribution in [0.3, 0.4) is 0 Å². The van der Waals surface area contributed by atoms with E-state index < -0.39 is 24.5 Å². The number of pyridine rings is 1. The van der Waals surface area contributed by atoms with Gasteiger partial charge < -0.3 is 4.74 Å². The largest absolute Gasteiger partial charge is 0.440 e. The van der Waals surface area contributed by atoms with E-state index in [1.807, 2.05) is 0 Å². The van der Waals surface area contributed by atoms with Crippen molar-refractivity contribution in [3.05, 3.63) is 64.4 Å². The maximum absolute atomic E-state index is 12.1. The number of amides is 2. The van der Waals surface area contributed by atoms with Gasteiger partial charge in [0.15, 0.2) is 6.73 Å². The lowest BCUT2D eigenvalue weighted by atomic mass is 10.1. The van der Waals surface area contributed by atoms with Gasteiger partial charge in [0.05, 0.1) is 16.7 Å². The van der Waals surface area contributed by atoms with Crippen molar-refractivity contribution in [3.63, 3.8) is 0 Å². The molecular formula is C15H9ClN2O4. The summed E-state index contributed by atoms with van der Waals surface area (Å²) in [6.45, 7) is -0.453. The molecule has 2 aromatic rings. The Labute approximate surface area is 130 Å². The van der Waals surface area contributed by atoms with E-state index >= 15 is 0 Å². The second-order valence-electron chi connectivity index (χ2n) is 4.51. The average Bonchev–Trinajstić information content (AvgIpc) is 2.77. The van der Waals surface area contributed by atoms with Crippen LogP contribution in [0.5, 0.6) is 0 Å². The molecule has 110 valence electrons. The third kappa shape index (κ3) is 2.44. The Kier molecular flexibility index (Phi) is 3.60. The van der Waals surface area contributed by atoms with Crippen LogP contribution in [-0.2, 0) is 4.74 Å². The minimum absolute atomic E-state index is 0.148. The van der Waals surface area contributed by atoms with Gasteiger partial charge in [-0.25, -0.2) is 14.7 Å². The van der Waals surface area contributed by atoms with Crippen LogP contribution in [0.2, 0.25) is 5.15 Å². The van der Waals surface area contributed by atoms with Gasteiger partial charge in [0.1, 0.15) is 5.15 Å². The highest BCUT2D eigenvalue weighted by atomic mass is 35.5. The number of fused-ring (bicyclic) bond motifs is 1. The number of benzene rings is 1. The number of hydrogen-bond donors (Lipinski definition) is 0. The van der Waals surface area contributed by atoms with E-state index in [1.165, 1.54) is 18.3 Å². The van der Waals surface area contributed by atoms with Gasteiger partial charge in [-0.05, 0) is 24.3 Å². The number of ether oxygens (including phenoxy) is 1. The Morgan fingerprint density at radius 2 is 1.77 bits per heavy atom. The minimum atomic E-state index is -0.694. The zero-order chi connectivity index (χ0) is 15.7. The highest BCUT2D eigenvalue weighted by Gasteiger charge is 2.35. The SMILES string of the molecule is O=C(OCN1C(=O)c2ccccc2C1=O)c1ccnc(Cl)c1. The Morgan fingerprint density at radius 3 is 2.36 bits per heavy atom. The second kappa shape index (κ2) is 5.57. The third-order valence-electron chi connectivity index (χ3n) is 3.17. The van der Waals surface area contributed by atoms with Crippen LogP contribution >= 0.6 is 11.6 Å². The van der Waals surface area contributed by atoms with Gasteiger partial charge in [-0.3, -0.25) is 9.59 Å². The first-order chi connectivity index (χ1) is 10.6. The predicted molar refractivity (Wildman–Crippen MR) is 76.5 cm³/mol. The molecule has 1 aromatic carbocycles. The van der Waals surface area contributed by atoms with Crippen molar-refractivity contribution >= 4 is 29.4 Å². The lowest BCUT2D eigenvalue weighted by Crippen LogP contribution is -2.33. The fourth-order valence-corrected chi connectivity index (χ4v) is 2.27. The van der Waals surface area contributed by atoms with Crippen molar-refractivity contribution in [2.45, 2.75) is 0 Å². The van der Waals surface area contributed by atoms with E-state index in [1.54, 1.807) is 24.3 Å². The molecule has 0 fully saturated rings. The molecule has 2 amide bonds. The number of nitrogens with zero attached hydrogens (tertiary/aromatic N) is 2. The molecule has 0 unspecified atom stereocenters. The molecule has 0 atom stereocenters.